The minimum Gasteiger partial charge on any atom is -0.480 e. The molecule has 0 aliphatic heterocycles. The highest BCUT2D eigenvalue weighted by atomic mass is 16.4. The molecule has 0 saturated heterocycles. The molecule has 2 unspecified atom stereocenters. The molecule has 64 valence electrons. The Morgan fingerprint density at radius 3 is 2.27 bits per heavy atom. The highest BCUT2D eigenvalue weighted by Gasteiger charge is 2.31. The summed E-state index contributed by atoms with van der Waals surface area (Å²) in [5.41, 5.74) is 11.0. The number of nitrogens with two attached hydrogens (primary N) is 2. The van der Waals surface area contributed by atoms with Gasteiger partial charge in [-0.1, -0.05) is 6.42 Å². The van der Waals surface area contributed by atoms with Crippen molar-refractivity contribution in [2.24, 2.45) is 17.4 Å². The van der Waals surface area contributed by atoms with Crippen LogP contribution >= 0.6 is 0 Å². The number of carbonyl (C=O) groups is 1. The van der Waals surface area contributed by atoms with Gasteiger partial charge in [-0.05, 0) is 18.8 Å². The van der Waals surface area contributed by atoms with E-state index in [1.807, 2.05) is 0 Å². The zero-order chi connectivity index (χ0) is 8.43. The fourth-order valence-electron chi connectivity index (χ4n) is 1.28. The van der Waals surface area contributed by atoms with Crippen molar-refractivity contribution in [1.29, 1.82) is 0 Å². The van der Waals surface area contributed by atoms with Gasteiger partial charge in [0.2, 0.25) is 0 Å². The van der Waals surface area contributed by atoms with Crippen molar-refractivity contribution in [2.45, 2.75) is 31.3 Å². The van der Waals surface area contributed by atoms with E-state index in [1.54, 1.807) is 0 Å². The summed E-state index contributed by atoms with van der Waals surface area (Å²) in [5.74, 6) is -0.662. The molecule has 0 aromatic rings. The molecule has 0 aromatic heterocycles. The molecule has 1 fully saturated rings. The monoisotopic (exact) mass is 158 g/mol. The molecule has 11 heavy (non-hydrogen) atoms. The third-order valence-electron chi connectivity index (χ3n) is 2.39. The second-order valence-corrected chi connectivity index (χ2v) is 3.13. The third kappa shape index (κ3) is 1.70. The quantitative estimate of drug-likeness (QED) is 0.517. The zero-order valence-electron chi connectivity index (χ0n) is 6.36. The van der Waals surface area contributed by atoms with Crippen LogP contribution in [0.5, 0.6) is 0 Å². The van der Waals surface area contributed by atoms with Gasteiger partial charge in [0.1, 0.15) is 6.04 Å². The molecule has 4 nitrogen and oxygen atoms in total. The number of hydrogen-bond donors (Lipinski definition) is 3. The van der Waals surface area contributed by atoms with E-state index < -0.39 is 12.0 Å². The smallest absolute Gasteiger partial charge is 0.322 e. The summed E-state index contributed by atoms with van der Waals surface area (Å²) >= 11 is 0. The Labute approximate surface area is 65.6 Å². The lowest BCUT2D eigenvalue weighted by Gasteiger charge is -2.32. The van der Waals surface area contributed by atoms with Crippen LogP contribution in [0.25, 0.3) is 0 Å². The molecular weight excluding hydrogens is 144 g/mol. The molecule has 1 saturated carbocycles. The van der Waals surface area contributed by atoms with E-state index in [-0.39, 0.29) is 6.04 Å². The number of aliphatic carboxylic acids is 1. The first-order valence-electron chi connectivity index (χ1n) is 3.87. The molecule has 0 heterocycles. The number of carboxylic acids is 1. The van der Waals surface area contributed by atoms with Crippen molar-refractivity contribution < 1.29 is 9.90 Å². The average molecular weight is 158 g/mol. The van der Waals surface area contributed by atoms with Crippen LogP contribution in [0.1, 0.15) is 19.3 Å². The van der Waals surface area contributed by atoms with Crippen LogP contribution in [0.3, 0.4) is 0 Å². The second kappa shape index (κ2) is 3.19. The van der Waals surface area contributed by atoms with Gasteiger partial charge in [-0.15, -0.1) is 0 Å². The van der Waals surface area contributed by atoms with Crippen LogP contribution in [0, 0.1) is 5.92 Å². The topological polar surface area (TPSA) is 89.3 Å². The Bertz CT molecular complexity index is 157. The van der Waals surface area contributed by atoms with Crippen LogP contribution < -0.4 is 11.5 Å². The van der Waals surface area contributed by atoms with Crippen molar-refractivity contribution in [3.63, 3.8) is 0 Å². The maximum Gasteiger partial charge on any atom is 0.322 e. The maximum atomic E-state index is 10.4. The van der Waals surface area contributed by atoms with Crippen molar-refractivity contribution in [3.8, 4) is 0 Å². The molecule has 1 rings (SSSR count). The van der Waals surface area contributed by atoms with Gasteiger partial charge in [0.05, 0.1) is 0 Å². The summed E-state index contributed by atoms with van der Waals surface area (Å²) in [5, 5.41) is 8.52. The predicted octanol–water partition coefficient (Wildman–Crippen LogP) is -0.474. The van der Waals surface area contributed by atoms with E-state index in [4.69, 9.17) is 16.6 Å². The van der Waals surface area contributed by atoms with Gasteiger partial charge in [0, 0.05) is 6.04 Å². The predicted molar refractivity (Wildman–Crippen MR) is 40.9 cm³/mol. The Morgan fingerprint density at radius 2 is 2.00 bits per heavy atom. The summed E-state index contributed by atoms with van der Waals surface area (Å²) in [6, 6.07) is -1.25. The van der Waals surface area contributed by atoms with Gasteiger partial charge < -0.3 is 16.6 Å². The number of carboxylic acid groups (broad SMARTS) is 1. The molecular formula is C7H14N2O2. The fourth-order valence-corrected chi connectivity index (χ4v) is 1.28. The number of rotatable bonds is 3. The molecule has 2 atom stereocenters. The summed E-state index contributed by atoms with van der Waals surface area (Å²) in [4.78, 5) is 10.4. The Kier molecular flexibility index (Phi) is 2.46. The van der Waals surface area contributed by atoms with Crippen molar-refractivity contribution >= 4 is 5.97 Å². The van der Waals surface area contributed by atoms with Crippen molar-refractivity contribution in [2.75, 3.05) is 0 Å². The minimum absolute atomic E-state index is 0.334. The van der Waals surface area contributed by atoms with E-state index >= 15 is 0 Å². The van der Waals surface area contributed by atoms with Gasteiger partial charge in [-0.2, -0.15) is 0 Å². The summed E-state index contributed by atoms with van der Waals surface area (Å²) in [7, 11) is 0. The maximum absolute atomic E-state index is 10.4. The lowest BCUT2D eigenvalue weighted by Crippen LogP contribution is -2.52. The standard InChI is InChI=1S/C7H14N2O2/c8-5(4-2-1-3-4)6(9)7(10)11/h4-6H,1-3,8-9H2,(H,10,11). The van der Waals surface area contributed by atoms with Gasteiger partial charge in [0.15, 0.2) is 0 Å². The number of hydrogen-bond acceptors (Lipinski definition) is 3. The summed E-state index contributed by atoms with van der Waals surface area (Å²) < 4.78 is 0. The van der Waals surface area contributed by atoms with E-state index in [9.17, 15) is 4.79 Å². The van der Waals surface area contributed by atoms with E-state index in [1.165, 1.54) is 0 Å². The van der Waals surface area contributed by atoms with Crippen molar-refractivity contribution in [1.82, 2.24) is 0 Å². The molecule has 1 aliphatic carbocycles. The first-order chi connectivity index (χ1) is 5.13. The van der Waals surface area contributed by atoms with Crippen LogP contribution in [-0.4, -0.2) is 23.2 Å². The highest BCUT2D eigenvalue weighted by Crippen LogP contribution is 2.29. The average Bonchev–Trinajstić information content (AvgIpc) is 1.82. The highest BCUT2D eigenvalue weighted by molar-refractivity contribution is 5.74. The molecule has 5 N–H and O–H groups in total. The summed E-state index contributed by atoms with van der Waals surface area (Å²) in [6.07, 6.45) is 3.22. The van der Waals surface area contributed by atoms with Crippen LogP contribution in [0.15, 0.2) is 0 Å². The molecule has 0 amide bonds. The van der Waals surface area contributed by atoms with Crippen molar-refractivity contribution in [3.05, 3.63) is 0 Å². The Morgan fingerprint density at radius 1 is 1.45 bits per heavy atom. The minimum atomic E-state index is -0.996. The lowest BCUT2D eigenvalue weighted by atomic mass is 9.77. The van der Waals surface area contributed by atoms with Gasteiger partial charge in [0.25, 0.3) is 0 Å². The first-order valence-corrected chi connectivity index (χ1v) is 3.87. The van der Waals surface area contributed by atoms with Gasteiger partial charge in [-0.25, -0.2) is 0 Å². The largest absolute Gasteiger partial charge is 0.480 e. The molecule has 1 aliphatic rings. The lowest BCUT2D eigenvalue weighted by molar-refractivity contribution is -0.139. The van der Waals surface area contributed by atoms with E-state index in [0.717, 1.165) is 19.3 Å². The Balaban J connectivity index is 2.38. The SMILES string of the molecule is NC(C(=O)O)C(N)C1CCC1. The van der Waals surface area contributed by atoms with Crippen LogP contribution in [-0.2, 0) is 4.79 Å². The molecule has 0 aromatic carbocycles. The molecule has 0 bridgehead atoms. The van der Waals surface area contributed by atoms with E-state index in [2.05, 4.69) is 0 Å². The summed E-state index contributed by atoms with van der Waals surface area (Å²) in [6.45, 7) is 0. The second-order valence-electron chi connectivity index (χ2n) is 3.13. The molecule has 0 spiro atoms. The van der Waals surface area contributed by atoms with Crippen LogP contribution in [0.4, 0.5) is 0 Å². The van der Waals surface area contributed by atoms with Crippen LogP contribution in [0.2, 0.25) is 0 Å². The zero-order valence-corrected chi connectivity index (χ0v) is 6.36. The first kappa shape index (κ1) is 8.49. The Hall–Kier alpha value is -0.610. The fraction of sp³-hybridized carbons (Fsp3) is 0.857. The molecule has 4 heteroatoms. The van der Waals surface area contributed by atoms with Gasteiger partial charge >= 0.3 is 5.97 Å². The molecule has 0 radical (unpaired) electrons. The van der Waals surface area contributed by atoms with Gasteiger partial charge in [-0.3, -0.25) is 4.79 Å². The third-order valence-corrected chi connectivity index (χ3v) is 2.39. The van der Waals surface area contributed by atoms with E-state index in [0.29, 0.717) is 5.92 Å². The normalized spacial score (nSPS) is 23.8.